The summed E-state index contributed by atoms with van der Waals surface area (Å²) in [6.45, 7) is 6.52. The van der Waals surface area contributed by atoms with Crippen molar-refractivity contribution in [2.75, 3.05) is 0 Å². The summed E-state index contributed by atoms with van der Waals surface area (Å²) in [4.78, 5) is 4.38. The zero-order valence-corrected chi connectivity index (χ0v) is 11.2. The van der Waals surface area contributed by atoms with Crippen molar-refractivity contribution in [1.82, 2.24) is 4.98 Å². The van der Waals surface area contributed by atoms with Gasteiger partial charge in [0.15, 0.2) is 0 Å². The number of aromatic nitrogens is 1. The van der Waals surface area contributed by atoms with Crippen molar-refractivity contribution in [1.29, 1.82) is 0 Å². The third kappa shape index (κ3) is 4.76. The largest absolute Gasteiger partial charge is 0.328 e. The van der Waals surface area contributed by atoms with Crippen molar-refractivity contribution in [3.63, 3.8) is 0 Å². The van der Waals surface area contributed by atoms with E-state index in [1.165, 1.54) is 0 Å². The molecule has 1 rings (SSSR count). The van der Waals surface area contributed by atoms with Crippen molar-refractivity contribution in [3.8, 4) is 0 Å². The first-order valence-electron chi connectivity index (χ1n) is 5.25. The number of hydrogen-bond donors (Lipinski definition) is 1. The third-order valence-corrected chi connectivity index (χ3v) is 2.79. The monoisotopic (exact) mass is 270 g/mol. The maximum absolute atomic E-state index is 5.83. The van der Waals surface area contributed by atoms with Crippen LogP contribution in [0, 0.1) is 5.41 Å². The van der Waals surface area contributed by atoms with Gasteiger partial charge in [-0.15, -0.1) is 0 Å². The summed E-state index contributed by atoms with van der Waals surface area (Å²) in [6.07, 6.45) is 3.84. The molecule has 0 spiro atoms. The molecule has 0 amide bonds. The van der Waals surface area contributed by atoms with Crippen molar-refractivity contribution < 1.29 is 0 Å². The van der Waals surface area contributed by atoms with E-state index in [9.17, 15) is 0 Å². The Bertz CT molecular complexity index is 304. The Morgan fingerprint density at radius 3 is 2.60 bits per heavy atom. The molecule has 2 N–H and O–H groups in total. The molecule has 0 aliphatic carbocycles. The van der Waals surface area contributed by atoms with E-state index in [4.69, 9.17) is 5.73 Å². The van der Waals surface area contributed by atoms with Gasteiger partial charge in [-0.2, -0.15) is 0 Å². The Kier molecular flexibility index (Phi) is 4.29. The van der Waals surface area contributed by atoms with Gasteiger partial charge in [0.1, 0.15) is 0 Å². The van der Waals surface area contributed by atoms with Crippen LogP contribution in [0.2, 0.25) is 0 Å². The Labute approximate surface area is 100 Å². The molecule has 15 heavy (non-hydrogen) atoms. The summed E-state index contributed by atoms with van der Waals surface area (Å²) in [5.74, 6) is 0. The molecule has 0 aliphatic heterocycles. The van der Waals surface area contributed by atoms with Gasteiger partial charge >= 0.3 is 0 Å². The highest BCUT2D eigenvalue weighted by molar-refractivity contribution is 9.10. The molecule has 0 fully saturated rings. The van der Waals surface area contributed by atoms with Crippen LogP contribution in [0.25, 0.3) is 0 Å². The molecule has 1 aromatic rings. The molecular weight excluding hydrogens is 252 g/mol. The molecule has 84 valence electrons. The van der Waals surface area contributed by atoms with Crippen molar-refractivity contribution in [3.05, 3.63) is 28.5 Å². The van der Waals surface area contributed by atoms with Crippen molar-refractivity contribution >= 4 is 15.9 Å². The molecule has 1 atom stereocenters. The molecule has 0 aliphatic rings. The van der Waals surface area contributed by atoms with Crippen LogP contribution in [-0.2, 0) is 6.42 Å². The molecule has 0 saturated heterocycles. The first kappa shape index (κ1) is 12.7. The van der Waals surface area contributed by atoms with Crippen LogP contribution >= 0.6 is 15.9 Å². The molecule has 3 heteroatoms. The molecule has 0 radical (unpaired) electrons. The fraction of sp³-hybridized carbons (Fsp3) is 0.583. The fourth-order valence-corrected chi connectivity index (χ4v) is 2.18. The standard InChI is InChI=1S/C12H19BrN2/c1-9(14)6-12(2,3)7-11-5-4-10(13)8-15-11/h4-5,8-9H,6-7,14H2,1-3H3. The van der Waals surface area contributed by atoms with E-state index in [1.807, 2.05) is 12.3 Å². The zero-order valence-electron chi connectivity index (χ0n) is 9.63. The number of halogens is 1. The summed E-state index contributed by atoms with van der Waals surface area (Å²) in [7, 11) is 0. The topological polar surface area (TPSA) is 38.9 Å². The van der Waals surface area contributed by atoms with Gasteiger partial charge < -0.3 is 5.73 Å². The molecule has 0 bridgehead atoms. The average molecular weight is 271 g/mol. The van der Waals surface area contributed by atoms with Crippen LogP contribution in [0.5, 0.6) is 0 Å². The SMILES string of the molecule is CC(N)CC(C)(C)Cc1ccc(Br)cn1. The number of nitrogens with zero attached hydrogens (tertiary/aromatic N) is 1. The predicted molar refractivity (Wildman–Crippen MR) is 67.7 cm³/mol. The first-order valence-corrected chi connectivity index (χ1v) is 6.04. The van der Waals surface area contributed by atoms with Gasteiger partial charge in [-0.1, -0.05) is 13.8 Å². The van der Waals surface area contributed by atoms with Gasteiger partial charge in [0, 0.05) is 22.4 Å². The van der Waals surface area contributed by atoms with Gasteiger partial charge in [0.05, 0.1) is 0 Å². The van der Waals surface area contributed by atoms with E-state index < -0.39 is 0 Å². The molecule has 1 aromatic heterocycles. The quantitative estimate of drug-likeness (QED) is 0.913. The predicted octanol–water partition coefficient (Wildman–Crippen LogP) is 3.15. The number of rotatable bonds is 4. The Hall–Kier alpha value is -0.410. The Balaban J connectivity index is 2.64. The van der Waals surface area contributed by atoms with Crippen LogP contribution in [0.15, 0.2) is 22.8 Å². The second kappa shape index (κ2) is 5.08. The minimum atomic E-state index is 0.217. The van der Waals surface area contributed by atoms with Crippen LogP contribution in [0.4, 0.5) is 0 Å². The van der Waals surface area contributed by atoms with Crippen LogP contribution in [0.3, 0.4) is 0 Å². The molecule has 1 unspecified atom stereocenters. The van der Waals surface area contributed by atoms with E-state index in [0.717, 1.165) is 23.0 Å². The second-order valence-electron chi connectivity index (χ2n) is 4.99. The molecular formula is C12H19BrN2. The number of nitrogens with two attached hydrogens (primary N) is 1. The highest BCUT2D eigenvalue weighted by Crippen LogP contribution is 2.26. The van der Waals surface area contributed by atoms with Gasteiger partial charge in [0.2, 0.25) is 0 Å². The van der Waals surface area contributed by atoms with E-state index >= 15 is 0 Å². The summed E-state index contributed by atoms with van der Waals surface area (Å²) in [5, 5.41) is 0. The van der Waals surface area contributed by atoms with Crippen molar-refractivity contribution in [2.24, 2.45) is 11.1 Å². The zero-order chi connectivity index (χ0) is 11.5. The smallest absolute Gasteiger partial charge is 0.0413 e. The number of pyridine rings is 1. The second-order valence-corrected chi connectivity index (χ2v) is 5.91. The third-order valence-electron chi connectivity index (χ3n) is 2.32. The number of hydrogen-bond acceptors (Lipinski definition) is 2. The van der Waals surface area contributed by atoms with Gasteiger partial charge in [0.25, 0.3) is 0 Å². The van der Waals surface area contributed by atoms with Crippen LogP contribution in [-0.4, -0.2) is 11.0 Å². The van der Waals surface area contributed by atoms with E-state index in [2.05, 4.69) is 47.8 Å². The Morgan fingerprint density at radius 1 is 1.47 bits per heavy atom. The minimum absolute atomic E-state index is 0.217. The summed E-state index contributed by atoms with van der Waals surface area (Å²) in [5.41, 5.74) is 7.17. The maximum atomic E-state index is 5.83. The molecule has 0 saturated carbocycles. The lowest BCUT2D eigenvalue weighted by molar-refractivity contribution is 0.306. The average Bonchev–Trinajstić information content (AvgIpc) is 2.06. The van der Waals surface area contributed by atoms with Gasteiger partial charge in [-0.3, -0.25) is 4.98 Å². The molecule has 2 nitrogen and oxygen atoms in total. The molecule has 1 heterocycles. The highest BCUT2D eigenvalue weighted by atomic mass is 79.9. The van der Waals surface area contributed by atoms with Crippen molar-refractivity contribution in [2.45, 2.75) is 39.7 Å². The Morgan fingerprint density at radius 2 is 2.13 bits per heavy atom. The van der Waals surface area contributed by atoms with Crippen LogP contribution in [0.1, 0.15) is 32.9 Å². The lowest BCUT2D eigenvalue weighted by atomic mass is 9.82. The van der Waals surface area contributed by atoms with E-state index in [-0.39, 0.29) is 11.5 Å². The molecule has 0 aromatic carbocycles. The van der Waals surface area contributed by atoms with Gasteiger partial charge in [-0.05, 0) is 53.2 Å². The van der Waals surface area contributed by atoms with Crippen LogP contribution < -0.4 is 5.73 Å². The van der Waals surface area contributed by atoms with E-state index in [0.29, 0.717) is 0 Å². The summed E-state index contributed by atoms with van der Waals surface area (Å²) >= 11 is 3.38. The van der Waals surface area contributed by atoms with Gasteiger partial charge in [-0.25, -0.2) is 0 Å². The fourth-order valence-electron chi connectivity index (χ4n) is 1.95. The minimum Gasteiger partial charge on any atom is -0.328 e. The lowest BCUT2D eigenvalue weighted by Crippen LogP contribution is -2.26. The highest BCUT2D eigenvalue weighted by Gasteiger charge is 2.20. The maximum Gasteiger partial charge on any atom is 0.0413 e. The first-order chi connectivity index (χ1) is 6.89. The lowest BCUT2D eigenvalue weighted by Gasteiger charge is -2.26. The summed E-state index contributed by atoms with van der Waals surface area (Å²) in [6, 6.07) is 4.34. The normalized spacial score (nSPS) is 13.9. The van der Waals surface area contributed by atoms with E-state index in [1.54, 1.807) is 0 Å². The summed E-state index contributed by atoms with van der Waals surface area (Å²) < 4.78 is 1.02.